The van der Waals surface area contributed by atoms with Crippen LogP contribution in [-0.2, 0) is 14.3 Å². The van der Waals surface area contributed by atoms with Crippen molar-refractivity contribution in [2.45, 2.75) is 18.9 Å². The first-order chi connectivity index (χ1) is 6.08. The van der Waals surface area contributed by atoms with Crippen molar-refractivity contribution in [3.63, 3.8) is 0 Å². The second kappa shape index (κ2) is 3.57. The van der Waals surface area contributed by atoms with Crippen LogP contribution in [0.25, 0.3) is 0 Å². The fourth-order valence-electron chi connectivity index (χ4n) is 1.03. The molecular weight excluding hydrogens is 174 g/mol. The number of hydrogen-bond acceptors (Lipinski definition) is 4. The zero-order chi connectivity index (χ0) is 9.90. The van der Waals surface area contributed by atoms with E-state index in [9.17, 15) is 14.7 Å². The molecule has 5 heteroatoms. The van der Waals surface area contributed by atoms with Crippen LogP contribution in [0.4, 0.5) is 0 Å². The Kier molecular flexibility index (Phi) is 2.67. The van der Waals surface area contributed by atoms with Gasteiger partial charge in [0.15, 0.2) is 5.60 Å². The molecule has 1 atom stereocenters. The summed E-state index contributed by atoms with van der Waals surface area (Å²) in [6.07, 6.45) is 2.21. The lowest BCUT2D eigenvalue weighted by Crippen LogP contribution is -2.40. The Morgan fingerprint density at radius 1 is 1.77 bits per heavy atom. The third-order valence-corrected chi connectivity index (χ3v) is 1.69. The van der Waals surface area contributed by atoms with Crippen LogP contribution in [-0.4, -0.2) is 29.2 Å². The van der Waals surface area contributed by atoms with Crippen LogP contribution >= 0.6 is 0 Å². The van der Waals surface area contributed by atoms with Crippen LogP contribution < -0.4 is 5.32 Å². The molecule has 1 rings (SSSR count). The summed E-state index contributed by atoms with van der Waals surface area (Å²) in [6, 6.07) is 0. The van der Waals surface area contributed by atoms with Gasteiger partial charge in [-0.15, -0.1) is 0 Å². The fraction of sp³-hybridized carbons (Fsp3) is 0.500. The van der Waals surface area contributed by atoms with Crippen molar-refractivity contribution in [1.29, 1.82) is 0 Å². The molecule has 0 saturated carbocycles. The Labute approximate surface area is 75.4 Å². The molecular formula is C8H11NO4. The first kappa shape index (κ1) is 9.73. The smallest absolute Gasteiger partial charge is 0.309 e. The van der Waals surface area contributed by atoms with Crippen molar-refractivity contribution in [2.75, 3.05) is 6.61 Å². The average molecular weight is 185 g/mol. The summed E-state index contributed by atoms with van der Waals surface area (Å²) in [5.74, 6) is -1.19. The second-order valence-electron chi connectivity index (χ2n) is 2.71. The van der Waals surface area contributed by atoms with Crippen LogP contribution in [0, 0.1) is 0 Å². The van der Waals surface area contributed by atoms with Crippen molar-refractivity contribution in [1.82, 2.24) is 5.32 Å². The van der Waals surface area contributed by atoms with Crippen molar-refractivity contribution in [2.24, 2.45) is 0 Å². The highest BCUT2D eigenvalue weighted by atomic mass is 16.5. The molecule has 0 aromatic heterocycles. The van der Waals surface area contributed by atoms with E-state index >= 15 is 0 Å². The standard InChI is InChI=1S/C8H11NO4/c1-2-13-6(10)5-8(12)3-4-9-7(8)11/h3-4,12H,2,5H2,1H3,(H,9,11). The van der Waals surface area contributed by atoms with Crippen molar-refractivity contribution >= 4 is 11.9 Å². The van der Waals surface area contributed by atoms with E-state index in [0.717, 1.165) is 0 Å². The SMILES string of the molecule is CCOC(=O)CC1(O)C=CNC1=O. The highest BCUT2D eigenvalue weighted by Crippen LogP contribution is 2.17. The van der Waals surface area contributed by atoms with Crippen LogP contribution in [0.1, 0.15) is 13.3 Å². The highest BCUT2D eigenvalue weighted by Gasteiger charge is 2.39. The summed E-state index contributed by atoms with van der Waals surface area (Å²) in [5.41, 5.74) is -1.73. The second-order valence-corrected chi connectivity index (χ2v) is 2.71. The first-order valence-corrected chi connectivity index (χ1v) is 3.95. The van der Waals surface area contributed by atoms with E-state index in [1.54, 1.807) is 6.92 Å². The normalized spacial score (nSPS) is 25.8. The molecule has 5 nitrogen and oxygen atoms in total. The maximum atomic E-state index is 11.0. The van der Waals surface area contributed by atoms with Gasteiger partial charge in [0.2, 0.25) is 0 Å². The van der Waals surface area contributed by atoms with Crippen molar-refractivity contribution in [3.05, 3.63) is 12.3 Å². The molecule has 1 heterocycles. The quantitative estimate of drug-likeness (QED) is 0.571. The number of nitrogens with one attached hydrogen (secondary N) is 1. The van der Waals surface area contributed by atoms with Crippen LogP contribution in [0.2, 0.25) is 0 Å². The molecule has 0 saturated heterocycles. The zero-order valence-corrected chi connectivity index (χ0v) is 7.24. The number of aliphatic hydroxyl groups is 1. The summed E-state index contributed by atoms with van der Waals surface area (Å²) in [5, 5.41) is 11.8. The van der Waals surface area contributed by atoms with Gasteiger partial charge in [0.1, 0.15) is 0 Å². The average Bonchev–Trinajstić information content (AvgIpc) is 2.32. The van der Waals surface area contributed by atoms with E-state index < -0.39 is 17.5 Å². The minimum atomic E-state index is -1.73. The van der Waals surface area contributed by atoms with Gasteiger partial charge in [-0.05, 0) is 13.0 Å². The molecule has 0 aromatic rings. The number of rotatable bonds is 3. The van der Waals surface area contributed by atoms with Gasteiger partial charge in [0.05, 0.1) is 13.0 Å². The Morgan fingerprint density at radius 3 is 2.92 bits per heavy atom. The summed E-state index contributed by atoms with van der Waals surface area (Å²) in [7, 11) is 0. The van der Waals surface area contributed by atoms with Crippen molar-refractivity contribution in [3.8, 4) is 0 Å². The highest BCUT2D eigenvalue weighted by molar-refractivity contribution is 5.94. The Hall–Kier alpha value is -1.36. The monoisotopic (exact) mass is 185 g/mol. The Balaban J connectivity index is 2.56. The molecule has 2 N–H and O–H groups in total. The molecule has 1 aliphatic rings. The Bertz CT molecular complexity index is 261. The van der Waals surface area contributed by atoms with Gasteiger partial charge in [-0.3, -0.25) is 9.59 Å². The lowest BCUT2D eigenvalue weighted by Gasteiger charge is -2.15. The van der Waals surface area contributed by atoms with Crippen LogP contribution in [0.3, 0.4) is 0 Å². The predicted octanol–water partition coefficient (Wildman–Crippen LogP) is -0.686. The van der Waals surface area contributed by atoms with Gasteiger partial charge < -0.3 is 15.2 Å². The third-order valence-electron chi connectivity index (χ3n) is 1.69. The number of amides is 1. The number of esters is 1. The largest absolute Gasteiger partial charge is 0.466 e. The number of ether oxygens (including phenoxy) is 1. The lowest BCUT2D eigenvalue weighted by atomic mass is 10.0. The molecule has 0 aliphatic carbocycles. The summed E-state index contributed by atoms with van der Waals surface area (Å²) < 4.78 is 4.60. The van der Waals surface area contributed by atoms with Crippen LogP contribution in [0.15, 0.2) is 12.3 Å². The molecule has 0 radical (unpaired) electrons. The predicted molar refractivity (Wildman–Crippen MR) is 43.5 cm³/mol. The molecule has 13 heavy (non-hydrogen) atoms. The van der Waals surface area contributed by atoms with E-state index in [4.69, 9.17) is 0 Å². The van der Waals surface area contributed by atoms with E-state index in [-0.39, 0.29) is 13.0 Å². The van der Waals surface area contributed by atoms with Gasteiger partial charge in [-0.1, -0.05) is 0 Å². The third kappa shape index (κ3) is 2.06. The van der Waals surface area contributed by atoms with Gasteiger partial charge in [0, 0.05) is 6.20 Å². The van der Waals surface area contributed by atoms with E-state index in [1.807, 2.05) is 0 Å². The summed E-state index contributed by atoms with van der Waals surface area (Å²) in [4.78, 5) is 22.0. The minimum absolute atomic E-state index is 0.236. The molecule has 1 amide bonds. The van der Waals surface area contributed by atoms with Crippen LogP contribution in [0.5, 0.6) is 0 Å². The minimum Gasteiger partial charge on any atom is -0.466 e. The molecule has 1 aliphatic heterocycles. The maximum Gasteiger partial charge on any atom is 0.309 e. The van der Waals surface area contributed by atoms with Gasteiger partial charge >= 0.3 is 5.97 Å². The number of carbonyl (C=O) groups is 2. The topological polar surface area (TPSA) is 75.6 Å². The Morgan fingerprint density at radius 2 is 2.46 bits per heavy atom. The molecule has 0 bridgehead atoms. The molecule has 0 aromatic carbocycles. The molecule has 72 valence electrons. The van der Waals surface area contributed by atoms with Gasteiger partial charge in [-0.2, -0.15) is 0 Å². The molecule has 1 unspecified atom stereocenters. The number of carbonyl (C=O) groups excluding carboxylic acids is 2. The summed E-state index contributed by atoms with van der Waals surface area (Å²) in [6.45, 7) is 1.90. The first-order valence-electron chi connectivity index (χ1n) is 3.95. The van der Waals surface area contributed by atoms with Gasteiger partial charge in [0.25, 0.3) is 5.91 Å². The summed E-state index contributed by atoms with van der Waals surface area (Å²) >= 11 is 0. The van der Waals surface area contributed by atoms with E-state index in [0.29, 0.717) is 0 Å². The lowest BCUT2D eigenvalue weighted by molar-refractivity contribution is -0.151. The zero-order valence-electron chi connectivity index (χ0n) is 7.24. The number of hydrogen-bond donors (Lipinski definition) is 2. The van der Waals surface area contributed by atoms with Gasteiger partial charge in [-0.25, -0.2) is 0 Å². The molecule has 0 fully saturated rings. The van der Waals surface area contributed by atoms with E-state index in [1.165, 1.54) is 12.3 Å². The maximum absolute atomic E-state index is 11.0. The van der Waals surface area contributed by atoms with Crippen molar-refractivity contribution < 1.29 is 19.4 Å². The van der Waals surface area contributed by atoms with E-state index in [2.05, 4.69) is 10.1 Å². The fourth-order valence-corrected chi connectivity index (χ4v) is 1.03. The molecule has 0 spiro atoms.